The summed E-state index contributed by atoms with van der Waals surface area (Å²) in [4.78, 5) is 12.0. The fourth-order valence-electron chi connectivity index (χ4n) is 2.10. The highest BCUT2D eigenvalue weighted by atomic mass is 35.5. The molecule has 144 valence electrons. The zero-order chi connectivity index (χ0) is 20.0. The second-order valence-corrected chi connectivity index (χ2v) is 6.01. The number of nitrogen functional groups attached to an aromatic ring is 1. The Hall–Kier alpha value is -2.51. The average molecular weight is 417 g/mol. The van der Waals surface area contributed by atoms with E-state index in [0.717, 1.165) is 0 Å². The predicted octanol–water partition coefficient (Wildman–Crippen LogP) is 5.23. The highest BCUT2D eigenvalue weighted by molar-refractivity contribution is 6.39. The lowest BCUT2D eigenvalue weighted by atomic mass is 10.2. The van der Waals surface area contributed by atoms with E-state index in [4.69, 9.17) is 33.7 Å². The summed E-state index contributed by atoms with van der Waals surface area (Å²) in [5.74, 6) is -0.380. The first-order chi connectivity index (χ1) is 12.8. The van der Waals surface area contributed by atoms with Crippen molar-refractivity contribution in [2.45, 2.75) is 13.5 Å². The smallest absolute Gasteiger partial charge is 0.387 e. The third kappa shape index (κ3) is 6.01. The molecule has 0 aromatic heterocycles. The van der Waals surface area contributed by atoms with E-state index in [1.807, 2.05) is 0 Å². The molecule has 0 spiro atoms. The summed E-state index contributed by atoms with van der Waals surface area (Å²) in [6.07, 6.45) is 2.75. The maximum Gasteiger partial charge on any atom is 0.387 e. The lowest BCUT2D eigenvalue weighted by molar-refractivity contribution is -0.111. The van der Waals surface area contributed by atoms with E-state index in [0.29, 0.717) is 11.3 Å². The molecule has 0 radical (unpaired) electrons. The summed E-state index contributed by atoms with van der Waals surface area (Å²) < 4.78 is 34.5. The Morgan fingerprint density at radius 3 is 2.48 bits per heavy atom. The number of amides is 1. The van der Waals surface area contributed by atoms with Crippen LogP contribution in [0.4, 0.5) is 20.2 Å². The van der Waals surface area contributed by atoms with Crippen LogP contribution in [0.5, 0.6) is 11.5 Å². The topological polar surface area (TPSA) is 73.6 Å². The van der Waals surface area contributed by atoms with Crippen molar-refractivity contribution in [2.24, 2.45) is 0 Å². The molecule has 0 aliphatic rings. The minimum atomic E-state index is -2.96. The minimum absolute atomic E-state index is 0.0837. The summed E-state index contributed by atoms with van der Waals surface area (Å²) in [6, 6.07) is 7.29. The first-order valence-corrected chi connectivity index (χ1v) is 8.51. The molecule has 9 heteroatoms. The van der Waals surface area contributed by atoms with Crippen LogP contribution < -0.4 is 20.5 Å². The maximum absolute atomic E-state index is 12.4. The van der Waals surface area contributed by atoms with Gasteiger partial charge in [-0.25, -0.2) is 0 Å². The Morgan fingerprint density at radius 1 is 1.22 bits per heavy atom. The third-order valence-corrected chi connectivity index (χ3v) is 3.88. The van der Waals surface area contributed by atoms with Crippen molar-refractivity contribution < 1.29 is 23.0 Å². The number of halogens is 4. The lowest BCUT2D eigenvalue weighted by Crippen LogP contribution is -2.08. The Morgan fingerprint density at radius 2 is 1.89 bits per heavy atom. The molecule has 0 aliphatic carbocycles. The zero-order valence-corrected chi connectivity index (χ0v) is 15.7. The molecule has 0 atom stereocenters. The highest BCUT2D eigenvalue weighted by Gasteiger charge is 2.11. The van der Waals surface area contributed by atoms with Crippen LogP contribution in [0.25, 0.3) is 6.08 Å². The number of rotatable bonds is 7. The molecule has 2 aromatic rings. The van der Waals surface area contributed by atoms with Gasteiger partial charge in [-0.3, -0.25) is 4.79 Å². The van der Waals surface area contributed by atoms with Crippen molar-refractivity contribution in [3.05, 3.63) is 52.0 Å². The molecular weight excluding hydrogens is 401 g/mol. The molecule has 1 amide bonds. The molecule has 0 saturated heterocycles. The molecule has 0 unspecified atom stereocenters. The van der Waals surface area contributed by atoms with Crippen LogP contribution in [-0.4, -0.2) is 19.1 Å². The van der Waals surface area contributed by atoms with Gasteiger partial charge in [0, 0.05) is 11.8 Å². The van der Waals surface area contributed by atoms with Crippen LogP contribution in [0.15, 0.2) is 36.4 Å². The Balaban J connectivity index is 2.12. The van der Waals surface area contributed by atoms with Crippen molar-refractivity contribution >= 4 is 46.6 Å². The van der Waals surface area contributed by atoms with Gasteiger partial charge in [0.2, 0.25) is 5.91 Å². The van der Waals surface area contributed by atoms with E-state index in [1.54, 1.807) is 6.92 Å². The quantitative estimate of drug-likeness (QED) is 0.478. The van der Waals surface area contributed by atoms with Gasteiger partial charge in [-0.15, -0.1) is 0 Å². The number of benzene rings is 2. The van der Waals surface area contributed by atoms with Gasteiger partial charge in [0.05, 0.1) is 22.3 Å². The molecule has 0 fully saturated rings. The van der Waals surface area contributed by atoms with Gasteiger partial charge in [0.1, 0.15) is 0 Å². The third-order valence-electron chi connectivity index (χ3n) is 3.26. The van der Waals surface area contributed by atoms with Crippen molar-refractivity contribution in [2.75, 3.05) is 17.7 Å². The molecule has 0 bridgehead atoms. The SMILES string of the molecule is CCOc1cc(/C=C/C(=O)Nc2cc(Cl)c(N)c(Cl)c2)ccc1OC(F)F. The maximum atomic E-state index is 12.4. The molecule has 2 aromatic carbocycles. The number of hydrogen-bond donors (Lipinski definition) is 2. The second kappa shape index (κ2) is 9.43. The average Bonchev–Trinajstić information content (AvgIpc) is 2.59. The number of anilines is 2. The van der Waals surface area contributed by atoms with E-state index < -0.39 is 12.5 Å². The zero-order valence-electron chi connectivity index (χ0n) is 14.1. The largest absolute Gasteiger partial charge is 0.490 e. The van der Waals surface area contributed by atoms with E-state index >= 15 is 0 Å². The fourth-order valence-corrected chi connectivity index (χ4v) is 2.59. The van der Waals surface area contributed by atoms with Gasteiger partial charge in [-0.1, -0.05) is 29.3 Å². The Kier molecular flexibility index (Phi) is 7.27. The van der Waals surface area contributed by atoms with E-state index in [-0.39, 0.29) is 33.8 Å². The Bertz CT molecular complexity index is 837. The molecule has 0 saturated carbocycles. The van der Waals surface area contributed by atoms with Crippen LogP contribution in [0.3, 0.4) is 0 Å². The monoisotopic (exact) mass is 416 g/mol. The first kappa shape index (κ1) is 20.8. The van der Waals surface area contributed by atoms with Crippen molar-refractivity contribution in [1.82, 2.24) is 0 Å². The van der Waals surface area contributed by atoms with Gasteiger partial charge in [-0.05, 0) is 42.8 Å². The second-order valence-electron chi connectivity index (χ2n) is 5.19. The van der Waals surface area contributed by atoms with Crippen LogP contribution in [0, 0.1) is 0 Å². The van der Waals surface area contributed by atoms with Gasteiger partial charge in [-0.2, -0.15) is 8.78 Å². The van der Waals surface area contributed by atoms with E-state index in [9.17, 15) is 13.6 Å². The van der Waals surface area contributed by atoms with Gasteiger partial charge in [0.25, 0.3) is 0 Å². The predicted molar refractivity (Wildman–Crippen MR) is 103 cm³/mol. The summed E-state index contributed by atoms with van der Waals surface area (Å²) in [7, 11) is 0. The standard InChI is InChI=1S/C18H16Cl2F2N2O3/c1-2-26-15-7-10(3-5-14(15)27-18(21)22)4-6-16(25)24-11-8-12(19)17(23)13(20)9-11/h3-9,18H,2,23H2,1H3,(H,24,25)/b6-4+. The van der Waals surface area contributed by atoms with E-state index in [2.05, 4.69) is 10.1 Å². The molecule has 2 rings (SSSR count). The number of ether oxygens (including phenoxy) is 2. The fraction of sp³-hybridized carbons (Fsp3) is 0.167. The molecule has 0 heterocycles. The Labute approximate surface area is 164 Å². The normalized spacial score (nSPS) is 11.0. The molecule has 5 nitrogen and oxygen atoms in total. The van der Waals surface area contributed by atoms with Crippen molar-refractivity contribution in [1.29, 1.82) is 0 Å². The highest BCUT2D eigenvalue weighted by Crippen LogP contribution is 2.32. The molecule has 3 N–H and O–H groups in total. The summed E-state index contributed by atoms with van der Waals surface area (Å²) in [6.45, 7) is -0.980. The van der Waals surface area contributed by atoms with Gasteiger partial charge >= 0.3 is 6.61 Å². The van der Waals surface area contributed by atoms with Gasteiger partial charge < -0.3 is 20.5 Å². The summed E-state index contributed by atoms with van der Waals surface area (Å²) in [5, 5.41) is 3.03. The number of nitrogens with two attached hydrogens (primary N) is 1. The summed E-state index contributed by atoms with van der Waals surface area (Å²) in [5.41, 5.74) is 6.80. The van der Waals surface area contributed by atoms with Crippen molar-refractivity contribution in [3.63, 3.8) is 0 Å². The van der Waals surface area contributed by atoms with Crippen LogP contribution in [0.2, 0.25) is 10.0 Å². The van der Waals surface area contributed by atoms with Crippen LogP contribution >= 0.6 is 23.2 Å². The number of carbonyl (C=O) groups is 1. The lowest BCUT2D eigenvalue weighted by Gasteiger charge is -2.11. The van der Waals surface area contributed by atoms with Crippen LogP contribution in [-0.2, 0) is 4.79 Å². The summed E-state index contributed by atoms with van der Waals surface area (Å²) >= 11 is 11.8. The molecule has 0 aliphatic heterocycles. The number of carbonyl (C=O) groups excluding carboxylic acids is 1. The molecule has 27 heavy (non-hydrogen) atoms. The van der Waals surface area contributed by atoms with Gasteiger partial charge in [0.15, 0.2) is 11.5 Å². The van der Waals surface area contributed by atoms with E-state index in [1.165, 1.54) is 42.5 Å². The number of nitrogens with one attached hydrogen (secondary N) is 1. The number of alkyl halides is 2. The van der Waals surface area contributed by atoms with Crippen LogP contribution in [0.1, 0.15) is 12.5 Å². The molecular formula is C18H16Cl2F2N2O3. The minimum Gasteiger partial charge on any atom is -0.490 e. The first-order valence-electron chi connectivity index (χ1n) is 7.75. The van der Waals surface area contributed by atoms with Crippen molar-refractivity contribution in [3.8, 4) is 11.5 Å². The number of hydrogen-bond acceptors (Lipinski definition) is 4.